The number of amides is 1. The number of ether oxygens (including phenoxy) is 1. The summed E-state index contributed by atoms with van der Waals surface area (Å²) in [7, 11) is 0. The van der Waals surface area contributed by atoms with E-state index in [1.54, 1.807) is 6.08 Å². The third kappa shape index (κ3) is 8.41. The third-order valence-electron chi connectivity index (χ3n) is 6.27. The summed E-state index contributed by atoms with van der Waals surface area (Å²) in [5, 5.41) is 33.9. The molecule has 6 heteroatoms. The molecule has 32 heavy (non-hydrogen) atoms. The van der Waals surface area contributed by atoms with Crippen molar-refractivity contribution in [2.45, 2.75) is 63.3 Å². The Morgan fingerprint density at radius 2 is 1.94 bits per heavy atom. The van der Waals surface area contributed by atoms with Gasteiger partial charge in [0.25, 0.3) is 0 Å². The van der Waals surface area contributed by atoms with Crippen LogP contribution in [0, 0.1) is 17.8 Å². The number of para-hydroxylation sites is 1. The standard InChI is InChI=1S/C26H37NO5/c28-20(18-32-21-8-4-3-5-9-21)14-15-23-22(24(29)16-25(23)30)10-6-1-2-7-11-26(31)27-17-19-12-13-19/h1,3-6,8-9,14-15,19-20,22-25,28-30H,2,7,10-13,16-18H2,(H,27,31)/t20?,22?,23-,24?,25?/m1/s1. The topological polar surface area (TPSA) is 99.0 Å². The molecule has 0 aliphatic heterocycles. The Bertz CT molecular complexity index is 746. The SMILES string of the molecule is O=C(CCCC=CCC1C(O)CC(O)[C@@H]1C=CC(O)COc1ccccc1)NCC1CC1. The molecule has 0 heterocycles. The number of carbonyl (C=O) groups excluding carboxylic acids is 1. The van der Waals surface area contributed by atoms with Crippen molar-refractivity contribution in [2.75, 3.05) is 13.2 Å². The second-order valence-electron chi connectivity index (χ2n) is 9.03. The van der Waals surface area contributed by atoms with Gasteiger partial charge in [-0.25, -0.2) is 0 Å². The zero-order valence-electron chi connectivity index (χ0n) is 18.7. The van der Waals surface area contributed by atoms with Crippen LogP contribution in [0.15, 0.2) is 54.6 Å². The monoisotopic (exact) mass is 443 g/mol. The Balaban J connectivity index is 1.37. The van der Waals surface area contributed by atoms with Crippen molar-refractivity contribution in [1.82, 2.24) is 5.32 Å². The predicted octanol–water partition coefficient (Wildman–Crippen LogP) is 2.98. The maximum Gasteiger partial charge on any atom is 0.220 e. The lowest BCUT2D eigenvalue weighted by atomic mass is 9.89. The molecule has 4 N–H and O–H groups in total. The maximum absolute atomic E-state index is 11.8. The van der Waals surface area contributed by atoms with E-state index in [0.29, 0.717) is 30.9 Å². The number of hydrogen-bond donors (Lipinski definition) is 4. The molecule has 1 aromatic carbocycles. The predicted molar refractivity (Wildman–Crippen MR) is 124 cm³/mol. The van der Waals surface area contributed by atoms with Gasteiger partial charge in [-0.15, -0.1) is 0 Å². The quantitative estimate of drug-likeness (QED) is 0.278. The normalized spacial score (nSPS) is 26.6. The van der Waals surface area contributed by atoms with Gasteiger partial charge >= 0.3 is 0 Å². The average Bonchev–Trinajstić information content (AvgIpc) is 3.58. The Morgan fingerprint density at radius 1 is 1.16 bits per heavy atom. The van der Waals surface area contributed by atoms with Gasteiger partial charge in [-0.3, -0.25) is 4.79 Å². The molecule has 0 spiro atoms. The van der Waals surface area contributed by atoms with E-state index in [9.17, 15) is 20.1 Å². The highest BCUT2D eigenvalue weighted by Gasteiger charge is 2.39. The molecule has 2 fully saturated rings. The fourth-order valence-corrected chi connectivity index (χ4v) is 4.14. The lowest BCUT2D eigenvalue weighted by Crippen LogP contribution is -2.24. The van der Waals surface area contributed by atoms with E-state index in [0.717, 1.165) is 19.4 Å². The van der Waals surface area contributed by atoms with Crippen LogP contribution >= 0.6 is 0 Å². The highest BCUT2D eigenvalue weighted by atomic mass is 16.5. The van der Waals surface area contributed by atoms with Gasteiger partial charge in [0.05, 0.1) is 12.2 Å². The minimum Gasteiger partial charge on any atom is -0.491 e. The molecular weight excluding hydrogens is 406 g/mol. The lowest BCUT2D eigenvalue weighted by Gasteiger charge is -2.19. The van der Waals surface area contributed by atoms with E-state index in [4.69, 9.17) is 4.74 Å². The van der Waals surface area contributed by atoms with Gasteiger partial charge in [0.2, 0.25) is 5.91 Å². The van der Waals surface area contributed by atoms with Gasteiger partial charge in [0.15, 0.2) is 0 Å². The number of rotatable bonds is 13. The summed E-state index contributed by atoms with van der Waals surface area (Å²) >= 11 is 0. The van der Waals surface area contributed by atoms with Crippen molar-refractivity contribution in [1.29, 1.82) is 0 Å². The van der Waals surface area contributed by atoms with Crippen molar-refractivity contribution < 1.29 is 24.9 Å². The molecule has 1 amide bonds. The molecule has 0 radical (unpaired) electrons. The number of hydrogen-bond acceptors (Lipinski definition) is 5. The van der Waals surface area contributed by atoms with Crippen molar-refractivity contribution in [3.05, 3.63) is 54.6 Å². The van der Waals surface area contributed by atoms with Crippen LogP contribution in [0.4, 0.5) is 0 Å². The highest BCUT2D eigenvalue weighted by molar-refractivity contribution is 5.75. The Hall–Kier alpha value is -2.15. The van der Waals surface area contributed by atoms with Crippen LogP contribution in [0.2, 0.25) is 0 Å². The molecule has 176 valence electrons. The van der Waals surface area contributed by atoms with Crippen LogP contribution in [-0.4, -0.2) is 52.7 Å². The first-order valence-electron chi connectivity index (χ1n) is 11.8. The molecule has 4 unspecified atom stereocenters. The van der Waals surface area contributed by atoms with Crippen molar-refractivity contribution in [3.63, 3.8) is 0 Å². The van der Waals surface area contributed by atoms with E-state index < -0.39 is 18.3 Å². The van der Waals surface area contributed by atoms with Crippen molar-refractivity contribution in [3.8, 4) is 5.75 Å². The van der Waals surface area contributed by atoms with Crippen LogP contribution in [0.25, 0.3) is 0 Å². The summed E-state index contributed by atoms with van der Waals surface area (Å²) in [6.45, 7) is 0.948. The second-order valence-corrected chi connectivity index (χ2v) is 9.03. The van der Waals surface area contributed by atoms with Gasteiger partial charge in [-0.05, 0) is 56.1 Å². The second kappa shape index (κ2) is 12.8. The first-order chi connectivity index (χ1) is 15.5. The maximum atomic E-state index is 11.8. The van der Waals surface area contributed by atoms with Crippen LogP contribution in [0.5, 0.6) is 5.75 Å². The molecule has 0 bridgehead atoms. The summed E-state index contributed by atoms with van der Waals surface area (Å²) in [4.78, 5) is 11.8. The van der Waals surface area contributed by atoms with E-state index in [2.05, 4.69) is 11.4 Å². The summed E-state index contributed by atoms with van der Waals surface area (Å²) < 4.78 is 5.55. The molecule has 0 saturated heterocycles. The molecule has 3 rings (SSSR count). The number of nitrogens with one attached hydrogen (secondary N) is 1. The number of aliphatic hydroxyl groups excluding tert-OH is 3. The average molecular weight is 444 g/mol. The van der Waals surface area contributed by atoms with Gasteiger partial charge in [0.1, 0.15) is 18.5 Å². The largest absolute Gasteiger partial charge is 0.491 e. The van der Waals surface area contributed by atoms with E-state index in [1.807, 2.05) is 42.5 Å². The number of benzene rings is 1. The van der Waals surface area contributed by atoms with Gasteiger partial charge in [-0.1, -0.05) is 42.5 Å². The fourth-order valence-electron chi connectivity index (χ4n) is 4.14. The smallest absolute Gasteiger partial charge is 0.220 e. The summed E-state index contributed by atoms with van der Waals surface area (Å²) in [6.07, 6.45) is 11.2. The number of unbranched alkanes of at least 4 members (excludes halogenated alkanes) is 1. The van der Waals surface area contributed by atoms with Gasteiger partial charge in [-0.2, -0.15) is 0 Å². The molecule has 0 aromatic heterocycles. The minimum atomic E-state index is -0.789. The number of carbonyl (C=O) groups is 1. The Morgan fingerprint density at radius 3 is 2.69 bits per heavy atom. The Kier molecular flexibility index (Phi) is 9.78. The van der Waals surface area contributed by atoms with E-state index in [1.165, 1.54) is 12.8 Å². The number of aliphatic hydroxyl groups is 3. The van der Waals surface area contributed by atoms with E-state index in [-0.39, 0.29) is 24.3 Å². The minimum absolute atomic E-state index is 0.0958. The van der Waals surface area contributed by atoms with Crippen molar-refractivity contribution >= 4 is 5.91 Å². The van der Waals surface area contributed by atoms with Gasteiger partial charge in [0, 0.05) is 25.3 Å². The van der Waals surface area contributed by atoms with Gasteiger partial charge < -0.3 is 25.4 Å². The summed E-state index contributed by atoms with van der Waals surface area (Å²) in [5.41, 5.74) is 0. The molecular formula is C26H37NO5. The van der Waals surface area contributed by atoms with Crippen LogP contribution in [0.1, 0.15) is 44.9 Å². The molecule has 6 nitrogen and oxygen atoms in total. The number of allylic oxidation sites excluding steroid dienone is 2. The molecule has 5 atom stereocenters. The van der Waals surface area contributed by atoms with Crippen LogP contribution in [0.3, 0.4) is 0 Å². The van der Waals surface area contributed by atoms with E-state index >= 15 is 0 Å². The molecule has 2 saturated carbocycles. The summed E-state index contributed by atoms with van der Waals surface area (Å²) in [5.74, 6) is 1.21. The third-order valence-corrected chi connectivity index (χ3v) is 6.27. The Labute approximate surface area is 191 Å². The molecule has 1 aromatic rings. The zero-order valence-corrected chi connectivity index (χ0v) is 18.7. The zero-order chi connectivity index (χ0) is 22.8. The van der Waals surface area contributed by atoms with Crippen LogP contribution < -0.4 is 10.1 Å². The molecule has 2 aliphatic carbocycles. The first kappa shape index (κ1) is 24.5. The van der Waals surface area contributed by atoms with Crippen molar-refractivity contribution in [2.24, 2.45) is 17.8 Å². The highest BCUT2D eigenvalue weighted by Crippen LogP contribution is 2.36. The first-order valence-corrected chi connectivity index (χ1v) is 11.8. The molecule has 2 aliphatic rings. The van der Waals surface area contributed by atoms with Crippen LogP contribution in [-0.2, 0) is 4.79 Å². The fraction of sp³-hybridized carbons (Fsp3) is 0.577. The lowest BCUT2D eigenvalue weighted by molar-refractivity contribution is -0.121. The summed E-state index contributed by atoms with van der Waals surface area (Å²) in [6, 6.07) is 9.30.